The maximum absolute atomic E-state index is 12.2. The summed E-state index contributed by atoms with van der Waals surface area (Å²) in [6.07, 6.45) is 1.21. The Kier molecular flexibility index (Phi) is 3.27. The number of nitro groups is 1. The lowest BCUT2D eigenvalue weighted by molar-refractivity contribution is -0.384. The topological polar surface area (TPSA) is 89.3 Å². The molecule has 0 fully saturated rings. The molecule has 2 aromatic rings. The summed E-state index contributed by atoms with van der Waals surface area (Å²) in [7, 11) is 0. The average Bonchev–Trinajstić information content (AvgIpc) is 2.83. The number of non-ortho nitro benzene ring substituents is 1. The fraction of sp³-hybridized carbons (Fsp3) is 0. The van der Waals surface area contributed by atoms with Crippen molar-refractivity contribution < 1.29 is 14.5 Å². The lowest BCUT2D eigenvalue weighted by Gasteiger charge is -1.99. The molecule has 108 valence electrons. The van der Waals surface area contributed by atoms with Crippen LogP contribution in [0.25, 0.3) is 5.57 Å². The van der Waals surface area contributed by atoms with E-state index in [4.69, 9.17) is 0 Å². The molecule has 0 saturated heterocycles. The van der Waals surface area contributed by atoms with Crippen LogP contribution in [0.2, 0.25) is 0 Å². The predicted octanol–water partition coefficient (Wildman–Crippen LogP) is 2.81. The molecule has 6 nitrogen and oxygen atoms in total. The number of hydrogen-bond acceptors (Lipinski definition) is 4. The summed E-state index contributed by atoms with van der Waals surface area (Å²) in [5.74, 6) is -0.773. The number of carbonyl (C=O) groups is 2. The van der Waals surface area contributed by atoms with E-state index in [0.717, 1.165) is 0 Å². The van der Waals surface area contributed by atoms with Gasteiger partial charge in [0, 0.05) is 28.9 Å². The van der Waals surface area contributed by atoms with E-state index in [-0.39, 0.29) is 17.0 Å². The van der Waals surface area contributed by atoms with Crippen molar-refractivity contribution in [3.8, 4) is 0 Å². The molecule has 0 bridgehead atoms. The standard InChI is InChI=1S/C16H10N2O4/c19-15(10-4-2-1-3-5-10)9-13-12-8-11(18(21)22)6-7-14(12)17-16(13)20/h1-9H,(H,17,20)/b13-9+. The number of nitrogens with one attached hydrogen (secondary N) is 1. The molecule has 0 atom stereocenters. The zero-order valence-electron chi connectivity index (χ0n) is 11.3. The largest absolute Gasteiger partial charge is 0.321 e. The number of ketones is 1. The van der Waals surface area contributed by atoms with Gasteiger partial charge in [0.2, 0.25) is 0 Å². The number of nitrogens with zero attached hydrogens (tertiary/aromatic N) is 1. The van der Waals surface area contributed by atoms with E-state index in [1.54, 1.807) is 30.3 Å². The number of carbonyl (C=O) groups excluding carboxylic acids is 2. The molecule has 0 spiro atoms. The molecule has 0 saturated carbocycles. The molecule has 0 radical (unpaired) electrons. The van der Waals surface area contributed by atoms with Gasteiger partial charge in [0.05, 0.1) is 10.5 Å². The van der Waals surface area contributed by atoms with Gasteiger partial charge in [-0.3, -0.25) is 19.7 Å². The smallest absolute Gasteiger partial charge is 0.270 e. The summed E-state index contributed by atoms with van der Waals surface area (Å²) >= 11 is 0. The second-order valence-electron chi connectivity index (χ2n) is 4.73. The maximum atomic E-state index is 12.2. The molecule has 6 heteroatoms. The number of fused-ring (bicyclic) bond motifs is 1. The van der Waals surface area contributed by atoms with Gasteiger partial charge in [-0.15, -0.1) is 0 Å². The number of benzene rings is 2. The summed E-state index contributed by atoms with van der Waals surface area (Å²) in [5.41, 5.74) is 1.27. The van der Waals surface area contributed by atoms with Crippen LogP contribution in [0.5, 0.6) is 0 Å². The van der Waals surface area contributed by atoms with Gasteiger partial charge in [-0.1, -0.05) is 30.3 Å². The van der Waals surface area contributed by atoms with E-state index in [1.807, 2.05) is 0 Å². The van der Waals surface area contributed by atoms with Crippen LogP contribution in [0.15, 0.2) is 54.6 Å². The first-order chi connectivity index (χ1) is 10.6. The highest BCUT2D eigenvalue weighted by Gasteiger charge is 2.27. The number of rotatable bonds is 3. The first kappa shape index (κ1) is 13.7. The van der Waals surface area contributed by atoms with Crippen molar-refractivity contribution in [2.45, 2.75) is 0 Å². The maximum Gasteiger partial charge on any atom is 0.270 e. The number of allylic oxidation sites excluding steroid dienone is 1. The van der Waals surface area contributed by atoms with Gasteiger partial charge in [0.1, 0.15) is 0 Å². The lowest BCUT2D eigenvalue weighted by Crippen LogP contribution is -2.05. The first-order valence-corrected chi connectivity index (χ1v) is 6.47. The normalized spacial score (nSPS) is 14.5. The Bertz CT molecular complexity index is 825. The Morgan fingerprint density at radius 3 is 2.55 bits per heavy atom. The van der Waals surface area contributed by atoms with Crippen LogP contribution >= 0.6 is 0 Å². The van der Waals surface area contributed by atoms with Gasteiger partial charge in [0.15, 0.2) is 5.78 Å². The van der Waals surface area contributed by atoms with Crippen LogP contribution in [0.1, 0.15) is 15.9 Å². The third-order valence-corrected chi connectivity index (χ3v) is 3.33. The molecular weight excluding hydrogens is 284 g/mol. The molecule has 1 N–H and O–H groups in total. The van der Waals surface area contributed by atoms with Crippen LogP contribution in [-0.4, -0.2) is 16.6 Å². The molecule has 3 rings (SSSR count). The molecule has 2 aromatic carbocycles. The minimum absolute atomic E-state index is 0.131. The van der Waals surface area contributed by atoms with E-state index in [9.17, 15) is 19.7 Å². The Morgan fingerprint density at radius 1 is 1.14 bits per heavy atom. The molecule has 22 heavy (non-hydrogen) atoms. The zero-order valence-corrected chi connectivity index (χ0v) is 11.3. The minimum Gasteiger partial charge on any atom is -0.321 e. The predicted molar refractivity (Wildman–Crippen MR) is 80.5 cm³/mol. The SMILES string of the molecule is O=C1Nc2ccc([N+](=O)[O-])cc2/C1=C\C(=O)c1ccccc1. The van der Waals surface area contributed by atoms with Gasteiger partial charge < -0.3 is 5.32 Å². The monoisotopic (exact) mass is 294 g/mol. The molecular formula is C16H10N2O4. The number of hydrogen-bond donors (Lipinski definition) is 1. The van der Waals surface area contributed by atoms with Crippen molar-refractivity contribution in [2.24, 2.45) is 0 Å². The van der Waals surface area contributed by atoms with Crippen LogP contribution in [0.4, 0.5) is 11.4 Å². The second kappa shape index (κ2) is 5.25. The van der Waals surface area contributed by atoms with Gasteiger partial charge in [0.25, 0.3) is 11.6 Å². The second-order valence-corrected chi connectivity index (χ2v) is 4.73. The Hall–Kier alpha value is -3.28. The van der Waals surface area contributed by atoms with Crippen LogP contribution < -0.4 is 5.32 Å². The average molecular weight is 294 g/mol. The first-order valence-electron chi connectivity index (χ1n) is 6.47. The molecule has 1 amide bonds. The van der Waals surface area contributed by atoms with E-state index in [0.29, 0.717) is 16.8 Å². The quantitative estimate of drug-likeness (QED) is 0.408. The summed E-state index contributed by atoms with van der Waals surface area (Å²) in [5, 5.41) is 13.4. The Morgan fingerprint density at radius 2 is 1.86 bits per heavy atom. The summed E-state index contributed by atoms with van der Waals surface area (Å²) in [6.45, 7) is 0. The van der Waals surface area contributed by atoms with Crippen LogP contribution in [0.3, 0.4) is 0 Å². The third-order valence-electron chi connectivity index (χ3n) is 3.33. The molecule has 1 heterocycles. The van der Waals surface area contributed by atoms with Crippen LogP contribution in [-0.2, 0) is 4.79 Å². The third kappa shape index (κ3) is 2.37. The molecule has 1 aliphatic rings. The highest BCUT2D eigenvalue weighted by molar-refractivity contribution is 6.35. The summed E-state index contributed by atoms with van der Waals surface area (Å²) in [6, 6.07) is 12.6. The van der Waals surface area contributed by atoms with Gasteiger partial charge in [-0.25, -0.2) is 0 Å². The van der Waals surface area contributed by atoms with Gasteiger partial charge in [-0.05, 0) is 12.1 Å². The highest BCUT2D eigenvalue weighted by Crippen LogP contribution is 2.34. The fourth-order valence-electron chi connectivity index (χ4n) is 2.25. The number of nitro benzene ring substituents is 1. The van der Waals surface area contributed by atoms with Crippen molar-refractivity contribution in [3.63, 3.8) is 0 Å². The highest BCUT2D eigenvalue weighted by atomic mass is 16.6. The minimum atomic E-state index is -0.542. The van der Waals surface area contributed by atoms with Crippen molar-refractivity contribution in [2.75, 3.05) is 5.32 Å². The van der Waals surface area contributed by atoms with Gasteiger partial charge in [-0.2, -0.15) is 0 Å². The number of anilines is 1. The van der Waals surface area contributed by atoms with E-state index in [1.165, 1.54) is 24.3 Å². The van der Waals surface area contributed by atoms with E-state index < -0.39 is 10.8 Å². The number of amides is 1. The summed E-state index contributed by atoms with van der Waals surface area (Å²) in [4.78, 5) is 34.5. The molecule has 1 aliphatic heterocycles. The lowest BCUT2D eigenvalue weighted by atomic mass is 10.0. The van der Waals surface area contributed by atoms with Gasteiger partial charge >= 0.3 is 0 Å². The fourth-order valence-corrected chi connectivity index (χ4v) is 2.25. The molecule has 0 unspecified atom stereocenters. The van der Waals surface area contributed by atoms with E-state index in [2.05, 4.69) is 5.32 Å². The Balaban J connectivity index is 2.04. The van der Waals surface area contributed by atoms with Crippen molar-refractivity contribution in [1.29, 1.82) is 0 Å². The molecule has 0 aromatic heterocycles. The van der Waals surface area contributed by atoms with E-state index >= 15 is 0 Å². The van der Waals surface area contributed by atoms with Crippen LogP contribution in [0, 0.1) is 10.1 Å². The summed E-state index contributed by atoms with van der Waals surface area (Å²) < 4.78 is 0. The van der Waals surface area contributed by atoms with Crippen molar-refractivity contribution in [1.82, 2.24) is 0 Å². The van der Waals surface area contributed by atoms with Crippen molar-refractivity contribution >= 4 is 28.6 Å². The van der Waals surface area contributed by atoms with Crippen molar-refractivity contribution in [3.05, 3.63) is 75.8 Å². The Labute approximate surface area is 125 Å². The zero-order chi connectivity index (χ0) is 15.7. The molecule has 0 aliphatic carbocycles.